The van der Waals surface area contributed by atoms with E-state index in [1.165, 1.54) is 22.3 Å². The molecule has 0 unspecified atom stereocenters. The molecule has 0 aromatic heterocycles. The summed E-state index contributed by atoms with van der Waals surface area (Å²) in [5, 5.41) is 0.795. The van der Waals surface area contributed by atoms with Crippen molar-refractivity contribution in [3.05, 3.63) is 58.7 Å². The lowest BCUT2D eigenvalue weighted by atomic mass is 9.86. The minimum atomic E-state index is 0.161. The van der Waals surface area contributed by atoms with Crippen LogP contribution < -0.4 is 4.74 Å². The van der Waals surface area contributed by atoms with Crippen molar-refractivity contribution < 1.29 is 4.74 Å². The van der Waals surface area contributed by atoms with E-state index in [2.05, 4.69) is 80.9 Å². The molecule has 112 valence electrons. The summed E-state index contributed by atoms with van der Waals surface area (Å²) in [7, 11) is 0. The molecule has 2 rings (SSSR count). The molecule has 0 saturated heterocycles. The van der Waals surface area contributed by atoms with E-state index in [1.807, 2.05) is 6.07 Å². The first-order chi connectivity index (χ1) is 9.81. The van der Waals surface area contributed by atoms with Crippen LogP contribution in [0.15, 0.2) is 36.4 Å². The van der Waals surface area contributed by atoms with Gasteiger partial charge >= 0.3 is 0 Å². The topological polar surface area (TPSA) is 9.23 Å². The molecule has 1 nitrogen and oxygen atoms in total. The summed E-state index contributed by atoms with van der Waals surface area (Å²) in [5.74, 6) is 1.85. The second kappa shape index (κ2) is 6.23. The van der Waals surface area contributed by atoms with Crippen LogP contribution in [0.25, 0.3) is 0 Å². The van der Waals surface area contributed by atoms with Crippen molar-refractivity contribution in [3.8, 4) is 11.5 Å². The van der Waals surface area contributed by atoms with Crippen LogP contribution in [-0.4, -0.2) is 0 Å². The van der Waals surface area contributed by atoms with E-state index in [4.69, 9.17) is 4.74 Å². The summed E-state index contributed by atoms with van der Waals surface area (Å²) >= 11 is 3.53. The Labute approximate surface area is 136 Å². The van der Waals surface area contributed by atoms with Crippen molar-refractivity contribution in [2.75, 3.05) is 0 Å². The molecule has 0 atom stereocenters. The Bertz CT molecular complexity index is 638. The first kappa shape index (κ1) is 16.1. The minimum absolute atomic E-state index is 0.161. The van der Waals surface area contributed by atoms with Crippen LogP contribution in [0, 0.1) is 13.8 Å². The highest BCUT2D eigenvalue weighted by molar-refractivity contribution is 9.08. The SMILES string of the molecule is Cc1ccc(Oc2ccc(C(C)(C)C)cc2C)c(CBr)c1. The Morgan fingerprint density at radius 2 is 1.62 bits per heavy atom. The average Bonchev–Trinajstić information content (AvgIpc) is 2.41. The summed E-state index contributed by atoms with van der Waals surface area (Å²) in [6, 6.07) is 12.7. The lowest BCUT2D eigenvalue weighted by Crippen LogP contribution is -2.11. The molecule has 2 aromatic rings. The second-order valence-corrected chi connectivity index (χ2v) is 7.14. The quantitative estimate of drug-likeness (QED) is 0.593. The maximum absolute atomic E-state index is 6.12. The average molecular weight is 347 g/mol. The highest BCUT2D eigenvalue weighted by Crippen LogP contribution is 2.32. The smallest absolute Gasteiger partial charge is 0.131 e. The Morgan fingerprint density at radius 3 is 2.19 bits per heavy atom. The van der Waals surface area contributed by atoms with Gasteiger partial charge in [-0.15, -0.1) is 0 Å². The zero-order valence-corrected chi connectivity index (χ0v) is 15.0. The van der Waals surface area contributed by atoms with Crippen molar-refractivity contribution in [1.29, 1.82) is 0 Å². The third kappa shape index (κ3) is 3.88. The largest absolute Gasteiger partial charge is 0.457 e. The standard InChI is InChI=1S/C19H23BrO/c1-13-6-8-18(15(10-13)12-20)21-17-9-7-16(11-14(17)2)19(3,4)5/h6-11H,12H2,1-5H3. The predicted octanol–water partition coefficient (Wildman–Crippen LogP) is 6.29. The maximum atomic E-state index is 6.12. The summed E-state index contributed by atoms with van der Waals surface area (Å²) in [4.78, 5) is 0. The first-order valence-electron chi connectivity index (χ1n) is 7.26. The molecule has 0 N–H and O–H groups in total. The van der Waals surface area contributed by atoms with Gasteiger partial charge in [0.05, 0.1) is 0 Å². The van der Waals surface area contributed by atoms with Gasteiger partial charge in [0, 0.05) is 10.9 Å². The van der Waals surface area contributed by atoms with Gasteiger partial charge in [0.15, 0.2) is 0 Å². The van der Waals surface area contributed by atoms with E-state index in [0.717, 1.165) is 16.8 Å². The fraction of sp³-hybridized carbons (Fsp3) is 0.368. The van der Waals surface area contributed by atoms with Gasteiger partial charge in [-0.3, -0.25) is 0 Å². The highest BCUT2D eigenvalue weighted by atomic mass is 79.9. The third-order valence-corrected chi connectivity index (χ3v) is 4.22. The number of aryl methyl sites for hydroxylation is 2. The van der Waals surface area contributed by atoms with Gasteiger partial charge in [0.2, 0.25) is 0 Å². The van der Waals surface area contributed by atoms with E-state index in [9.17, 15) is 0 Å². The van der Waals surface area contributed by atoms with Gasteiger partial charge in [-0.25, -0.2) is 0 Å². The van der Waals surface area contributed by atoms with Gasteiger partial charge in [0.1, 0.15) is 11.5 Å². The van der Waals surface area contributed by atoms with E-state index in [-0.39, 0.29) is 5.41 Å². The second-order valence-electron chi connectivity index (χ2n) is 6.58. The zero-order chi connectivity index (χ0) is 15.6. The van der Waals surface area contributed by atoms with Gasteiger partial charge in [-0.1, -0.05) is 66.5 Å². The van der Waals surface area contributed by atoms with Crippen LogP contribution in [0.5, 0.6) is 11.5 Å². The molecule has 0 bridgehead atoms. The van der Waals surface area contributed by atoms with E-state index >= 15 is 0 Å². The number of ether oxygens (including phenoxy) is 1. The zero-order valence-electron chi connectivity index (χ0n) is 13.5. The lowest BCUT2D eigenvalue weighted by molar-refractivity contribution is 0.473. The molecule has 2 heteroatoms. The number of rotatable bonds is 3. The molecule has 0 aliphatic carbocycles. The molecule has 0 aliphatic heterocycles. The molecule has 0 radical (unpaired) electrons. The van der Waals surface area contributed by atoms with Gasteiger partial charge in [-0.05, 0) is 42.5 Å². The molecule has 2 aromatic carbocycles. The molecule has 21 heavy (non-hydrogen) atoms. The van der Waals surface area contributed by atoms with Crippen LogP contribution in [0.3, 0.4) is 0 Å². The van der Waals surface area contributed by atoms with Crippen molar-refractivity contribution in [3.63, 3.8) is 0 Å². The number of hydrogen-bond acceptors (Lipinski definition) is 1. The first-order valence-corrected chi connectivity index (χ1v) is 8.38. The van der Waals surface area contributed by atoms with Gasteiger partial charge in [0.25, 0.3) is 0 Å². The van der Waals surface area contributed by atoms with Crippen LogP contribution >= 0.6 is 15.9 Å². The lowest BCUT2D eigenvalue weighted by Gasteiger charge is -2.21. The Kier molecular flexibility index (Phi) is 4.77. The molecule has 0 heterocycles. The summed E-state index contributed by atoms with van der Waals surface area (Å²) in [5.41, 5.74) is 5.08. The summed E-state index contributed by atoms with van der Waals surface area (Å²) in [6.07, 6.45) is 0. The van der Waals surface area contributed by atoms with Crippen LogP contribution in [-0.2, 0) is 10.7 Å². The molecular weight excluding hydrogens is 324 g/mol. The fourth-order valence-corrected chi connectivity index (χ4v) is 2.70. The van der Waals surface area contributed by atoms with Crippen molar-refractivity contribution in [1.82, 2.24) is 0 Å². The number of alkyl halides is 1. The van der Waals surface area contributed by atoms with Gasteiger partial charge in [-0.2, -0.15) is 0 Å². The molecule has 0 amide bonds. The van der Waals surface area contributed by atoms with E-state index in [1.54, 1.807) is 0 Å². The molecule has 0 spiro atoms. The predicted molar refractivity (Wildman–Crippen MR) is 93.8 cm³/mol. The Hall–Kier alpha value is -1.28. The monoisotopic (exact) mass is 346 g/mol. The van der Waals surface area contributed by atoms with Crippen molar-refractivity contribution in [2.24, 2.45) is 0 Å². The normalized spacial score (nSPS) is 11.5. The third-order valence-electron chi connectivity index (χ3n) is 3.62. The number of hydrogen-bond donors (Lipinski definition) is 0. The summed E-state index contributed by atoms with van der Waals surface area (Å²) < 4.78 is 6.12. The van der Waals surface area contributed by atoms with E-state index in [0.29, 0.717) is 0 Å². The van der Waals surface area contributed by atoms with Gasteiger partial charge < -0.3 is 4.74 Å². The molecule has 0 fully saturated rings. The highest BCUT2D eigenvalue weighted by Gasteiger charge is 2.15. The van der Waals surface area contributed by atoms with Crippen LogP contribution in [0.4, 0.5) is 0 Å². The number of halogens is 1. The minimum Gasteiger partial charge on any atom is -0.457 e. The fourth-order valence-electron chi connectivity index (χ4n) is 2.26. The van der Waals surface area contributed by atoms with E-state index < -0.39 is 0 Å². The van der Waals surface area contributed by atoms with Crippen molar-refractivity contribution in [2.45, 2.75) is 45.4 Å². The molecule has 0 saturated carbocycles. The van der Waals surface area contributed by atoms with Crippen LogP contribution in [0.1, 0.15) is 43.0 Å². The number of benzene rings is 2. The Balaban J connectivity index is 2.32. The van der Waals surface area contributed by atoms with Crippen molar-refractivity contribution >= 4 is 15.9 Å². The maximum Gasteiger partial charge on any atom is 0.131 e. The summed E-state index contributed by atoms with van der Waals surface area (Å²) in [6.45, 7) is 10.9. The molecule has 0 aliphatic rings. The van der Waals surface area contributed by atoms with Crippen LogP contribution in [0.2, 0.25) is 0 Å². The molecular formula is C19H23BrO. The Morgan fingerprint density at radius 1 is 0.952 bits per heavy atom.